The molecule has 0 radical (unpaired) electrons. The van der Waals surface area contributed by atoms with Gasteiger partial charge in [0.05, 0.1) is 25.2 Å². The summed E-state index contributed by atoms with van der Waals surface area (Å²) in [5.74, 6) is 0.450. The summed E-state index contributed by atoms with van der Waals surface area (Å²) in [7, 11) is 0. The first kappa shape index (κ1) is 11.5. The molecule has 1 aromatic rings. The van der Waals surface area contributed by atoms with Gasteiger partial charge in [0.1, 0.15) is 0 Å². The molecule has 3 rings (SSSR count). The highest BCUT2D eigenvalue weighted by Crippen LogP contribution is 2.35. The van der Waals surface area contributed by atoms with Crippen LogP contribution in [-0.4, -0.2) is 13.2 Å². The summed E-state index contributed by atoms with van der Waals surface area (Å²) >= 11 is 6.57. The average molecular weight is 253 g/mol. The molecule has 2 aliphatic rings. The first-order valence-electron chi connectivity index (χ1n) is 6.26. The van der Waals surface area contributed by atoms with Crippen molar-refractivity contribution in [2.75, 3.05) is 13.2 Å². The van der Waals surface area contributed by atoms with E-state index in [0.717, 1.165) is 32.8 Å². The van der Waals surface area contributed by atoms with Crippen LogP contribution in [0.3, 0.4) is 0 Å². The fourth-order valence-electron chi connectivity index (χ4n) is 2.63. The van der Waals surface area contributed by atoms with Crippen LogP contribution in [0.4, 0.5) is 0 Å². The molecule has 1 fully saturated rings. The zero-order valence-electron chi connectivity index (χ0n) is 9.82. The van der Waals surface area contributed by atoms with E-state index in [2.05, 4.69) is 18.2 Å². The third kappa shape index (κ3) is 2.35. The second-order valence-corrected chi connectivity index (χ2v) is 5.37. The van der Waals surface area contributed by atoms with E-state index in [1.807, 2.05) is 0 Å². The quantitative estimate of drug-likeness (QED) is 0.751. The van der Waals surface area contributed by atoms with Crippen molar-refractivity contribution in [2.24, 2.45) is 5.92 Å². The maximum atomic E-state index is 6.57. The Kier molecular flexibility index (Phi) is 3.37. The number of benzene rings is 1. The fourth-order valence-corrected chi connectivity index (χ4v) is 2.97. The van der Waals surface area contributed by atoms with Crippen LogP contribution in [0, 0.1) is 5.92 Å². The molecule has 0 N–H and O–H groups in total. The lowest BCUT2D eigenvalue weighted by Crippen LogP contribution is -2.21. The normalized spacial score (nSPS) is 25.6. The number of ether oxygens (including phenoxy) is 2. The summed E-state index contributed by atoms with van der Waals surface area (Å²) in [5, 5.41) is 0.0706. The highest BCUT2D eigenvalue weighted by molar-refractivity contribution is 6.21. The second kappa shape index (κ2) is 4.97. The van der Waals surface area contributed by atoms with E-state index in [1.165, 1.54) is 23.1 Å². The molecule has 92 valence electrons. The summed E-state index contributed by atoms with van der Waals surface area (Å²) in [6, 6.07) is 6.49. The monoisotopic (exact) mass is 252 g/mol. The summed E-state index contributed by atoms with van der Waals surface area (Å²) in [4.78, 5) is 0. The zero-order chi connectivity index (χ0) is 11.7. The molecule has 2 aliphatic heterocycles. The van der Waals surface area contributed by atoms with Gasteiger partial charge >= 0.3 is 0 Å². The number of hydrogen-bond acceptors (Lipinski definition) is 2. The van der Waals surface area contributed by atoms with E-state index in [1.54, 1.807) is 0 Å². The van der Waals surface area contributed by atoms with Crippen molar-refractivity contribution in [1.29, 1.82) is 0 Å². The topological polar surface area (TPSA) is 18.5 Å². The third-order valence-electron chi connectivity index (χ3n) is 3.67. The van der Waals surface area contributed by atoms with E-state index < -0.39 is 0 Å². The Balaban J connectivity index is 1.78. The van der Waals surface area contributed by atoms with Gasteiger partial charge in [0, 0.05) is 12.5 Å². The van der Waals surface area contributed by atoms with Gasteiger partial charge in [-0.2, -0.15) is 0 Å². The number of fused-ring (bicyclic) bond motifs is 1. The Morgan fingerprint density at radius 2 is 2.06 bits per heavy atom. The lowest BCUT2D eigenvalue weighted by Gasteiger charge is -2.26. The molecule has 0 aromatic heterocycles. The molecule has 2 atom stereocenters. The molecule has 17 heavy (non-hydrogen) atoms. The van der Waals surface area contributed by atoms with Crippen molar-refractivity contribution < 1.29 is 9.47 Å². The summed E-state index contributed by atoms with van der Waals surface area (Å²) in [5.41, 5.74) is 3.81. The number of rotatable bonds is 2. The maximum Gasteiger partial charge on any atom is 0.0725 e. The predicted molar refractivity (Wildman–Crippen MR) is 67.1 cm³/mol. The molecular formula is C14H17ClO2. The Hall–Kier alpha value is -0.570. The van der Waals surface area contributed by atoms with E-state index in [-0.39, 0.29) is 5.38 Å². The Morgan fingerprint density at radius 3 is 2.88 bits per heavy atom. The molecular weight excluding hydrogens is 236 g/mol. The van der Waals surface area contributed by atoms with Crippen LogP contribution >= 0.6 is 11.6 Å². The summed E-state index contributed by atoms with van der Waals surface area (Å²) < 4.78 is 10.9. The van der Waals surface area contributed by atoms with Crippen molar-refractivity contribution in [3.05, 3.63) is 34.9 Å². The van der Waals surface area contributed by atoms with E-state index >= 15 is 0 Å². The molecule has 0 bridgehead atoms. The van der Waals surface area contributed by atoms with Crippen molar-refractivity contribution in [3.8, 4) is 0 Å². The molecule has 0 saturated carbocycles. The average Bonchev–Trinajstić information content (AvgIpc) is 2.86. The lowest BCUT2D eigenvalue weighted by molar-refractivity contribution is 0.0531. The highest BCUT2D eigenvalue weighted by atomic mass is 35.5. The first-order valence-corrected chi connectivity index (χ1v) is 6.69. The SMILES string of the molecule is ClC(c1ccc2c(c1)COC2)C1CCCOC1. The van der Waals surface area contributed by atoms with Crippen LogP contribution in [0.1, 0.15) is 34.9 Å². The Labute approximate surface area is 107 Å². The van der Waals surface area contributed by atoms with Gasteiger partial charge in [-0.05, 0) is 29.5 Å². The van der Waals surface area contributed by atoms with Gasteiger partial charge in [-0.1, -0.05) is 18.2 Å². The highest BCUT2D eigenvalue weighted by Gasteiger charge is 2.24. The second-order valence-electron chi connectivity index (χ2n) is 4.90. The molecule has 3 heteroatoms. The smallest absolute Gasteiger partial charge is 0.0725 e. The van der Waals surface area contributed by atoms with Crippen molar-refractivity contribution in [3.63, 3.8) is 0 Å². The minimum absolute atomic E-state index is 0.0706. The number of halogens is 1. The van der Waals surface area contributed by atoms with E-state index in [0.29, 0.717) is 5.92 Å². The Morgan fingerprint density at radius 1 is 1.18 bits per heavy atom. The van der Waals surface area contributed by atoms with Gasteiger partial charge in [0.2, 0.25) is 0 Å². The zero-order valence-corrected chi connectivity index (χ0v) is 10.6. The van der Waals surface area contributed by atoms with E-state index in [9.17, 15) is 0 Å². The summed E-state index contributed by atoms with van der Waals surface area (Å²) in [6.07, 6.45) is 2.30. The van der Waals surface area contributed by atoms with Crippen LogP contribution in [-0.2, 0) is 22.7 Å². The van der Waals surface area contributed by atoms with Crippen LogP contribution in [0.2, 0.25) is 0 Å². The largest absolute Gasteiger partial charge is 0.381 e. The van der Waals surface area contributed by atoms with Gasteiger partial charge in [-0.3, -0.25) is 0 Å². The maximum absolute atomic E-state index is 6.57. The molecule has 2 unspecified atom stereocenters. The molecule has 0 aliphatic carbocycles. The fraction of sp³-hybridized carbons (Fsp3) is 0.571. The van der Waals surface area contributed by atoms with E-state index in [4.69, 9.17) is 21.1 Å². The van der Waals surface area contributed by atoms with Crippen LogP contribution in [0.5, 0.6) is 0 Å². The van der Waals surface area contributed by atoms with Crippen molar-refractivity contribution in [1.82, 2.24) is 0 Å². The predicted octanol–water partition coefficient (Wildman–Crippen LogP) is 3.42. The van der Waals surface area contributed by atoms with Crippen LogP contribution < -0.4 is 0 Å². The van der Waals surface area contributed by atoms with Gasteiger partial charge in [0.25, 0.3) is 0 Å². The lowest BCUT2D eigenvalue weighted by atomic mass is 9.92. The molecule has 1 aromatic carbocycles. The number of alkyl halides is 1. The van der Waals surface area contributed by atoms with Crippen molar-refractivity contribution >= 4 is 11.6 Å². The third-order valence-corrected chi connectivity index (χ3v) is 4.28. The summed E-state index contributed by atoms with van der Waals surface area (Å²) in [6.45, 7) is 3.16. The van der Waals surface area contributed by atoms with Gasteiger partial charge in [-0.25, -0.2) is 0 Å². The molecule has 2 heterocycles. The molecule has 2 nitrogen and oxygen atoms in total. The Bertz CT molecular complexity index is 399. The van der Waals surface area contributed by atoms with Crippen molar-refractivity contribution in [2.45, 2.75) is 31.4 Å². The molecule has 0 spiro atoms. The van der Waals surface area contributed by atoms with Gasteiger partial charge < -0.3 is 9.47 Å². The van der Waals surface area contributed by atoms with Crippen LogP contribution in [0.25, 0.3) is 0 Å². The first-order chi connectivity index (χ1) is 8.34. The van der Waals surface area contributed by atoms with Gasteiger partial charge in [-0.15, -0.1) is 11.6 Å². The number of hydrogen-bond donors (Lipinski definition) is 0. The molecule has 1 saturated heterocycles. The minimum Gasteiger partial charge on any atom is -0.381 e. The van der Waals surface area contributed by atoms with Gasteiger partial charge in [0.15, 0.2) is 0 Å². The molecule has 0 amide bonds. The van der Waals surface area contributed by atoms with Crippen LogP contribution in [0.15, 0.2) is 18.2 Å². The minimum atomic E-state index is 0.0706. The standard InChI is InChI=1S/C14H17ClO2/c15-14(12-2-1-5-16-8-12)10-3-4-11-7-17-9-13(11)6-10/h3-4,6,12,14H,1-2,5,7-9H2.